The molecule has 0 heterocycles. The van der Waals surface area contributed by atoms with Crippen molar-refractivity contribution in [3.8, 4) is 5.75 Å². The van der Waals surface area contributed by atoms with Crippen LogP contribution in [0.3, 0.4) is 0 Å². The third-order valence-corrected chi connectivity index (χ3v) is 4.08. The van der Waals surface area contributed by atoms with Crippen molar-refractivity contribution in [1.29, 1.82) is 0 Å². The maximum Gasteiger partial charge on any atom is 0.330 e. The van der Waals surface area contributed by atoms with Crippen molar-refractivity contribution in [1.82, 2.24) is 0 Å². The molecule has 0 fully saturated rings. The third kappa shape index (κ3) is 4.92. The predicted octanol–water partition coefficient (Wildman–Crippen LogP) is 3.93. The molecule has 0 aliphatic rings. The average Bonchev–Trinajstić information content (AvgIpc) is 2.61. The average molecular weight is 422 g/mol. The number of rotatable bonds is 6. The Labute approximate surface area is 158 Å². The fraction of sp³-hybridized carbons (Fsp3) is 0.158. The number of anilines is 1. The molecule has 0 aliphatic heterocycles. The van der Waals surface area contributed by atoms with Gasteiger partial charge >= 0.3 is 5.97 Å². The van der Waals surface area contributed by atoms with Crippen molar-refractivity contribution in [2.45, 2.75) is 6.92 Å². The molecule has 0 aromatic heterocycles. The third-order valence-electron chi connectivity index (χ3n) is 3.59. The summed E-state index contributed by atoms with van der Waals surface area (Å²) in [6, 6.07) is 7.76. The molecule has 0 aliphatic carbocycles. The van der Waals surface area contributed by atoms with Crippen LogP contribution in [0.5, 0.6) is 5.75 Å². The van der Waals surface area contributed by atoms with Crippen molar-refractivity contribution in [2.24, 2.45) is 0 Å². The molecule has 7 heteroatoms. The molecule has 0 spiro atoms. The van der Waals surface area contributed by atoms with Crippen molar-refractivity contribution >= 4 is 39.4 Å². The number of ketones is 1. The standard InChI is InChI=1S/C19H17BrFNO4/c1-11-3-5-13(20)8-14(11)17(23)10-26-18-7-12(4-6-19(24)25-2)15(21)9-16(18)22/h3-9H,10,22H2,1-2H3/b6-4+. The normalized spacial score (nSPS) is 10.8. The van der Waals surface area contributed by atoms with E-state index in [0.717, 1.165) is 22.2 Å². The highest BCUT2D eigenvalue weighted by atomic mass is 79.9. The summed E-state index contributed by atoms with van der Waals surface area (Å²) >= 11 is 3.32. The van der Waals surface area contributed by atoms with Gasteiger partial charge in [-0.1, -0.05) is 22.0 Å². The summed E-state index contributed by atoms with van der Waals surface area (Å²) in [6.07, 6.45) is 2.32. The van der Waals surface area contributed by atoms with E-state index in [2.05, 4.69) is 20.7 Å². The van der Waals surface area contributed by atoms with E-state index in [0.29, 0.717) is 5.56 Å². The molecule has 0 amide bonds. The van der Waals surface area contributed by atoms with E-state index in [-0.39, 0.29) is 29.4 Å². The van der Waals surface area contributed by atoms with E-state index < -0.39 is 11.8 Å². The Morgan fingerprint density at radius 3 is 2.69 bits per heavy atom. The van der Waals surface area contributed by atoms with Gasteiger partial charge in [0.1, 0.15) is 11.6 Å². The summed E-state index contributed by atoms with van der Waals surface area (Å²) < 4.78 is 24.6. The van der Waals surface area contributed by atoms with Gasteiger partial charge in [0, 0.05) is 27.7 Å². The molecule has 0 atom stereocenters. The number of hydrogen-bond acceptors (Lipinski definition) is 5. The smallest absolute Gasteiger partial charge is 0.330 e. The van der Waals surface area contributed by atoms with E-state index in [4.69, 9.17) is 10.5 Å². The lowest BCUT2D eigenvalue weighted by molar-refractivity contribution is -0.134. The molecule has 0 saturated heterocycles. The van der Waals surface area contributed by atoms with Crippen LogP contribution in [0.25, 0.3) is 6.08 Å². The zero-order valence-corrected chi connectivity index (χ0v) is 15.8. The number of nitrogen functional groups attached to an aromatic ring is 1. The van der Waals surface area contributed by atoms with Gasteiger partial charge in [0.2, 0.25) is 5.78 Å². The second kappa shape index (κ2) is 8.62. The van der Waals surface area contributed by atoms with Gasteiger partial charge in [0.05, 0.1) is 12.8 Å². The van der Waals surface area contributed by atoms with Crippen LogP contribution in [-0.4, -0.2) is 25.5 Å². The van der Waals surface area contributed by atoms with Gasteiger partial charge in [-0.25, -0.2) is 9.18 Å². The van der Waals surface area contributed by atoms with Crippen molar-refractivity contribution in [3.05, 3.63) is 63.4 Å². The van der Waals surface area contributed by atoms with E-state index in [1.807, 2.05) is 19.1 Å². The van der Waals surface area contributed by atoms with Gasteiger partial charge in [-0.2, -0.15) is 0 Å². The molecule has 2 aromatic rings. The first-order chi connectivity index (χ1) is 12.3. The van der Waals surface area contributed by atoms with Crippen LogP contribution in [0.4, 0.5) is 10.1 Å². The second-order valence-corrected chi connectivity index (χ2v) is 6.35. The molecule has 26 heavy (non-hydrogen) atoms. The number of ether oxygens (including phenoxy) is 2. The minimum absolute atomic E-state index is 0.0523. The van der Waals surface area contributed by atoms with E-state index >= 15 is 0 Å². The molecule has 0 unspecified atom stereocenters. The number of benzene rings is 2. The van der Waals surface area contributed by atoms with Crippen LogP contribution >= 0.6 is 15.9 Å². The van der Waals surface area contributed by atoms with Gasteiger partial charge < -0.3 is 15.2 Å². The maximum atomic E-state index is 13.9. The minimum atomic E-state index is -0.621. The number of Topliss-reactive ketones (excluding diaryl/α,β-unsaturated/α-hetero) is 1. The lowest BCUT2D eigenvalue weighted by Crippen LogP contribution is -2.14. The first kappa shape index (κ1) is 19.7. The van der Waals surface area contributed by atoms with Crippen molar-refractivity contribution in [3.63, 3.8) is 0 Å². The summed E-state index contributed by atoms with van der Waals surface area (Å²) in [5, 5.41) is 0. The summed E-state index contributed by atoms with van der Waals surface area (Å²) in [7, 11) is 1.22. The molecule has 2 rings (SSSR count). The molecule has 2 aromatic carbocycles. The Hall–Kier alpha value is -2.67. The number of nitrogens with two attached hydrogens (primary N) is 1. The first-order valence-corrected chi connectivity index (χ1v) is 8.38. The Morgan fingerprint density at radius 1 is 1.27 bits per heavy atom. The second-order valence-electron chi connectivity index (χ2n) is 5.44. The number of aryl methyl sites for hydroxylation is 1. The number of methoxy groups -OCH3 is 1. The van der Waals surface area contributed by atoms with Gasteiger partial charge in [-0.15, -0.1) is 0 Å². The first-order valence-electron chi connectivity index (χ1n) is 7.59. The molecule has 5 nitrogen and oxygen atoms in total. The quantitative estimate of drug-likeness (QED) is 0.330. The van der Waals surface area contributed by atoms with Gasteiger partial charge in [-0.3, -0.25) is 4.79 Å². The maximum absolute atomic E-state index is 13.9. The number of halogens is 2. The van der Waals surface area contributed by atoms with Crippen LogP contribution in [0.2, 0.25) is 0 Å². The fourth-order valence-corrected chi connectivity index (χ4v) is 2.54. The van der Waals surface area contributed by atoms with Crippen LogP contribution in [0.1, 0.15) is 21.5 Å². The monoisotopic (exact) mass is 421 g/mol. The molecule has 2 N–H and O–H groups in total. The Bertz CT molecular complexity index is 880. The highest BCUT2D eigenvalue weighted by molar-refractivity contribution is 9.10. The number of esters is 1. The predicted molar refractivity (Wildman–Crippen MR) is 101 cm³/mol. The molecular weight excluding hydrogens is 405 g/mol. The summed E-state index contributed by atoms with van der Waals surface area (Å²) in [5.74, 6) is -1.33. The van der Waals surface area contributed by atoms with Crippen LogP contribution in [0, 0.1) is 12.7 Å². The molecule has 0 bridgehead atoms. The lowest BCUT2D eigenvalue weighted by atomic mass is 10.1. The highest BCUT2D eigenvalue weighted by Crippen LogP contribution is 2.27. The van der Waals surface area contributed by atoms with Gasteiger partial charge in [0.25, 0.3) is 0 Å². The van der Waals surface area contributed by atoms with Crippen LogP contribution < -0.4 is 10.5 Å². The molecular formula is C19H17BrFNO4. The van der Waals surface area contributed by atoms with E-state index in [1.54, 1.807) is 6.07 Å². The van der Waals surface area contributed by atoms with Crippen LogP contribution in [0.15, 0.2) is 40.9 Å². The van der Waals surface area contributed by atoms with E-state index in [9.17, 15) is 14.0 Å². The molecule has 136 valence electrons. The largest absolute Gasteiger partial charge is 0.483 e. The van der Waals surface area contributed by atoms with Gasteiger partial charge in [0.15, 0.2) is 6.61 Å². The Kier molecular flexibility index (Phi) is 6.52. The lowest BCUT2D eigenvalue weighted by Gasteiger charge is -2.11. The SMILES string of the molecule is COC(=O)/C=C/c1cc(OCC(=O)c2cc(Br)ccc2C)c(N)cc1F. The van der Waals surface area contributed by atoms with E-state index in [1.165, 1.54) is 19.3 Å². The zero-order valence-electron chi connectivity index (χ0n) is 14.2. The molecule has 0 saturated carbocycles. The van der Waals surface area contributed by atoms with Crippen LogP contribution in [-0.2, 0) is 9.53 Å². The number of carbonyl (C=O) groups is 2. The number of carbonyl (C=O) groups excluding carboxylic acids is 2. The van der Waals surface area contributed by atoms with Crippen molar-refractivity contribution in [2.75, 3.05) is 19.5 Å². The highest BCUT2D eigenvalue weighted by Gasteiger charge is 2.13. The summed E-state index contributed by atoms with van der Waals surface area (Å²) in [6.45, 7) is 1.56. The molecule has 0 radical (unpaired) electrons. The number of hydrogen-bond donors (Lipinski definition) is 1. The van der Waals surface area contributed by atoms with Crippen molar-refractivity contribution < 1.29 is 23.5 Å². The zero-order chi connectivity index (χ0) is 19.3. The topological polar surface area (TPSA) is 78.6 Å². The fourth-order valence-electron chi connectivity index (χ4n) is 2.18. The Balaban J connectivity index is 2.18. The summed E-state index contributed by atoms with van der Waals surface area (Å²) in [4.78, 5) is 23.5. The van der Waals surface area contributed by atoms with Gasteiger partial charge in [-0.05, 0) is 36.8 Å². The summed E-state index contributed by atoms with van der Waals surface area (Å²) in [5.41, 5.74) is 7.23. The Morgan fingerprint density at radius 2 is 2.00 bits per heavy atom. The minimum Gasteiger partial charge on any atom is -0.483 e.